The minimum absolute atomic E-state index is 0.0206. The van der Waals surface area contributed by atoms with Crippen LogP contribution in [0.1, 0.15) is 0 Å². The summed E-state index contributed by atoms with van der Waals surface area (Å²) in [5.74, 6) is 1.72. The van der Waals surface area contributed by atoms with Gasteiger partial charge in [-0.25, -0.2) is 17.9 Å². The molecule has 1 atom stereocenters. The number of carbonyl (C=O) groups excluding carboxylic acids is 1. The topological polar surface area (TPSA) is 93.7 Å². The van der Waals surface area contributed by atoms with Gasteiger partial charge in [-0.3, -0.25) is 5.32 Å². The average molecular weight is 346 g/mol. The van der Waals surface area contributed by atoms with Gasteiger partial charge in [-0.1, -0.05) is 12.1 Å². The maximum Gasteiger partial charge on any atom is 0.411 e. The van der Waals surface area contributed by atoms with Crippen LogP contribution in [0.4, 0.5) is 10.5 Å². The lowest BCUT2D eigenvalue weighted by molar-refractivity contribution is 0.154. The van der Waals surface area contributed by atoms with Gasteiger partial charge < -0.3 is 9.47 Å². The lowest BCUT2D eigenvalue weighted by Crippen LogP contribution is -2.40. The predicted molar refractivity (Wildman–Crippen MR) is 86.0 cm³/mol. The number of carbonyl (C=O) groups is 1. The first-order valence-corrected chi connectivity index (χ1v) is 9.45. The van der Waals surface area contributed by atoms with Crippen molar-refractivity contribution in [2.45, 2.75) is 6.04 Å². The van der Waals surface area contributed by atoms with Crippen LogP contribution in [0.5, 0.6) is 5.75 Å². The maximum absolute atomic E-state index is 11.8. The lowest BCUT2D eigenvalue weighted by Gasteiger charge is -2.16. The highest BCUT2D eigenvalue weighted by Gasteiger charge is 2.23. The molecule has 0 radical (unpaired) electrons. The Morgan fingerprint density at radius 2 is 2.23 bits per heavy atom. The summed E-state index contributed by atoms with van der Waals surface area (Å²) < 4.78 is 35.9. The van der Waals surface area contributed by atoms with Crippen LogP contribution in [0.2, 0.25) is 0 Å². The van der Waals surface area contributed by atoms with E-state index >= 15 is 0 Å². The molecule has 1 amide bonds. The van der Waals surface area contributed by atoms with E-state index in [1.54, 1.807) is 24.3 Å². The highest BCUT2D eigenvalue weighted by atomic mass is 32.2. The molecular formula is C13H18N2O5S2. The van der Waals surface area contributed by atoms with Crippen molar-refractivity contribution in [3.05, 3.63) is 24.3 Å². The first-order chi connectivity index (χ1) is 10.5. The zero-order chi connectivity index (χ0) is 16.0. The molecule has 1 heterocycles. The third-order valence-corrected chi connectivity index (χ3v) is 5.74. The first-order valence-electron chi connectivity index (χ1n) is 6.65. The molecule has 1 saturated heterocycles. The quantitative estimate of drug-likeness (QED) is 0.853. The SMILES string of the molecule is COc1ccccc1NC(=O)OCC1CSCCS(=O)(=O)N1. The first kappa shape index (κ1) is 16.9. The fourth-order valence-corrected chi connectivity index (χ4v) is 4.76. The van der Waals surface area contributed by atoms with Crippen LogP contribution >= 0.6 is 11.8 Å². The van der Waals surface area contributed by atoms with E-state index < -0.39 is 22.2 Å². The van der Waals surface area contributed by atoms with Crippen LogP contribution < -0.4 is 14.8 Å². The number of hydrogen-bond donors (Lipinski definition) is 2. The molecule has 9 heteroatoms. The van der Waals surface area contributed by atoms with Crippen molar-refractivity contribution in [3.8, 4) is 5.75 Å². The number of ether oxygens (including phenoxy) is 2. The molecule has 7 nitrogen and oxygen atoms in total. The van der Waals surface area contributed by atoms with Gasteiger partial charge in [0, 0.05) is 11.5 Å². The fraction of sp³-hybridized carbons (Fsp3) is 0.462. The van der Waals surface area contributed by atoms with Gasteiger partial charge in [-0.05, 0) is 12.1 Å². The molecule has 1 aliphatic heterocycles. The van der Waals surface area contributed by atoms with Crippen LogP contribution in [-0.2, 0) is 14.8 Å². The number of para-hydroxylation sites is 2. The number of amides is 1. The smallest absolute Gasteiger partial charge is 0.411 e. The molecule has 1 aliphatic rings. The van der Waals surface area contributed by atoms with Gasteiger partial charge in [0.2, 0.25) is 10.0 Å². The second-order valence-corrected chi connectivity index (χ2v) is 7.66. The molecule has 1 fully saturated rings. The second-order valence-electron chi connectivity index (χ2n) is 4.63. The number of thioether (sulfide) groups is 1. The van der Waals surface area contributed by atoms with E-state index in [1.807, 2.05) is 0 Å². The van der Waals surface area contributed by atoms with Crippen molar-refractivity contribution in [1.29, 1.82) is 0 Å². The molecule has 1 aromatic carbocycles. The van der Waals surface area contributed by atoms with Crippen LogP contribution in [0, 0.1) is 0 Å². The number of methoxy groups -OCH3 is 1. The Balaban J connectivity index is 1.87. The van der Waals surface area contributed by atoms with E-state index in [9.17, 15) is 13.2 Å². The third kappa shape index (κ3) is 5.08. The van der Waals surface area contributed by atoms with Gasteiger partial charge in [0.05, 0.1) is 24.6 Å². The molecule has 1 aromatic rings. The number of benzene rings is 1. The molecule has 1 unspecified atom stereocenters. The van der Waals surface area contributed by atoms with Crippen LogP contribution in [-0.4, -0.2) is 51.5 Å². The zero-order valence-corrected chi connectivity index (χ0v) is 13.7. The maximum atomic E-state index is 11.8. The summed E-state index contributed by atoms with van der Waals surface area (Å²) >= 11 is 1.51. The summed E-state index contributed by atoms with van der Waals surface area (Å²) in [6.07, 6.45) is -0.655. The predicted octanol–water partition coefficient (Wildman–Crippen LogP) is 1.28. The van der Waals surface area contributed by atoms with Gasteiger partial charge in [0.25, 0.3) is 0 Å². The summed E-state index contributed by atoms with van der Waals surface area (Å²) in [5.41, 5.74) is 0.492. The molecule has 2 rings (SSSR count). The molecule has 22 heavy (non-hydrogen) atoms. The van der Waals surface area contributed by atoms with Crippen molar-refractivity contribution in [2.75, 3.05) is 36.3 Å². The van der Waals surface area contributed by atoms with E-state index in [-0.39, 0.29) is 12.4 Å². The Hall–Kier alpha value is -1.45. The van der Waals surface area contributed by atoms with Crippen molar-refractivity contribution in [2.24, 2.45) is 0 Å². The molecule has 0 aliphatic carbocycles. The Kier molecular flexibility index (Phi) is 5.92. The molecular weight excluding hydrogens is 328 g/mol. The van der Waals surface area contributed by atoms with Crippen LogP contribution in [0.25, 0.3) is 0 Å². The number of hydrogen-bond acceptors (Lipinski definition) is 6. The highest BCUT2D eigenvalue weighted by molar-refractivity contribution is 8.00. The van der Waals surface area contributed by atoms with Gasteiger partial charge in [0.15, 0.2) is 0 Å². The van der Waals surface area contributed by atoms with Crippen molar-refractivity contribution < 1.29 is 22.7 Å². The fourth-order valence-electron chi connectivity index (χ4n) is 1.89. The minimum atomic E-state index is -3.29. The molecule has 0 spiro atoms. The molecule has 122 valence electrons. The summed E-state index contributed by atoms with van der Waals surface area (Å²) in [6.45, 7) is -0.0206. The Morgan fingerprint density at radius 1 is 1.45 bits per heavy atom. The Morgan fingerprint density at radius 3 is 3.00 bits per heavy atom. The van der Waals surface area contributed by atoms with Crippen molar-refractivity contribution in [1.82, 2.24) is 4.72 Å². The van der Waals surface area contributed by atoms with Gasteiger partial charge >= 0.3 is 6.09 Å². The van der Waals surface area contributed by atoms with Gasteiger partial charge in [-0.2, -0.15) is 11.8 Å². The van der Waals surface area contributed by atoms with E-state index in [2.05, 4.69) is 10.0 Å². The monoisotopic (exact) mass is 346 g/mol. The summed E-state index contributed by atoms with van der Waals surface area (Å²) in [6, 6.07) is 6.53. The molecule has 0 saturated carbocycles. The van der Waals surface area contributed by atoms with Crippen molar-refractivity contribution >= 4 is 33.6 Å². The largest absolute Gasteiger partial charge is 0.495 e. The summed E-state index contributed by atoms with van der Waals surface area (Å²) in [5, 5.41) is 2.57. The lowest BCUT2D eigenvalue weighted by atomic mass is 10.3. The number of nitrogens with one attached hydrogen (secondary N) is 2. The number of rotatable bonds is 4. The third-order valence-electron chi connectivity index (χ3n) is 2.92. The van der Waals surface area contributed by atoms with Gasteiger partial charge in [-0.15, -0.1) is 0 Å². The van der Waals surface area contributed by atoms with E-state index in [1.165, 1.54) is 18.9 Å². The highest BCUT2D eigenvalue weighted by Crippen LogP contribution is 2.23. The second kappa shape index (κ2) is 7.70. The zero-order valence-electron chi connectivity index (χ0n) is 12.1. The number of sulfonamides is 1. The van der Waals surface area contributed by atoms with E-state index in [0.717, 1.165) is 0 Å². The normalized spacial score (nSPS) is 20.7. The minimum Gasteiger partial charge on any atom is -0.495 e. The summed E-state index contributed by atoms with van der Waals surface area (Å²) in [4.78, 5) is 11.8. The van der Waals surface area contributed by atoms with E-state index in [4.69, 9.17) is 9.47 Å². The van der Waals surface area contributed by atoms with E-state index in [0.29, 0.717) is 22.9 Å². The van der Waals surface area contributed by atoms with Crippen LogP contribution in [0.3, 0.4) is 0 Å². The molecule has 0 aromatic heterocycles. The molecule has 0 bridgehead atoms. The standard InChI is InChI=1S/C13H18N2O5S2/c1-19-12-5-3-2-4-11(12)14-13(16)20-8-10-9-21-6-7-22(17,18)15-10/h2-5,10,15H,6-9H2,1H3,(H,14,16). The van der Waals surface area contributed by atoms with Crippen molar-refractivity contribution in [3.63, 3.8) is 0 Å². The Labute approximate surface area is 133 Å². The van der Waals surface area contributed by atoms with Crippen LogP contribution in [0.15, 0.2) is 24.3 Å². The summed E-state index contributed by atoms with van der Waals surface area (Å²) in [7, 11) is -1.79. The average Bonchev–Trinajstić information content (AvgIpc) is 2.66. The van der Waals surface area contributed by atoms with Gasteiger partial charge in [0.1, 0.15) is 12.4 Å². The Bertz CT molecular complexity index is 621. The molecule has 2 N–H and O–H groups in total. The number of anilines is 1.